The van der Waals surface area contributed by atoms with Gasteiger partial charge in [0.1, 0.15) is 16.5 Å². The summed E-state index contributed by atoms with van der Waals surface area (Å²) in [6, 6.07) is 5.68. The number of aromatic nitrogens is 1. The molecule has 0 spiro atoms. The summed E-state index contributed by atoms with van der Waals surface area (Å²) in [6.45, 7) is 2.48. The minimum atomic E-state index is 0.510. The molecule has 18 heavy (non-hydrogen) atoms. The lowest BCUT2D eigenvalue weighted by Gasteiger charge is -2.08. The van der Waals surface area contributed by atoms with Gasteiger partial charge in [-0.15, -0.1) is 11.3 Å². The van der Waals surface area contributed by atoms with Gasteiger partial charge in [-0.1, -0.05) is 0 Å². The van der Waals surface area contributed by atoms with Gasteiger partial charge in [0, 0.05) is 11.4 Å². The maximum atomic E-state index is 5.68. The SMILES string of the molecule is COc1ccc(OC)c(-c2nc(C)c(CN)s2)c1. The Morgan fingerprint density at radius 2 is 2.06 bits per heavy atom. The maximum Gasteiger partial charge on any atom is 0.129 e. The first-order valence-electron chi connectivity index (χ1n) is 5.58. The first-order chi connectivity index (χ1) is 8.69. The molecule has 1 heterocycles. The molecular weight excluding hydrogens is 248 g/mol. The number of hydrogen-bond acceptors (Lipinski definition) is 5. The Hall–Kier alpha value is -1.59. The Bertz CT molecular complexity index is 552. The molecule has 96 valence electrons. The smallest absolute Gasteiger partial charge is 0.129 e. The van der Waals surface area contributed by atoms with Gasteiger partial charge in [-0.2, -0.15) is 0 Å². The fraction of sp³-hybridized carbons (Fsp3) is 0.308. The van der Waals surface area contributed by atoms with Crippen molar-refractivity contribution < 1.29 is 9.47 Å². The van der Waals surface area contributed by atoms with Crippen LogP contribution in [-0.2, 0) is 6.54 Å². The summed E-state index contributed by atoms with van der Waals surface area (Å²) in [5.74, 6) is 1.57. The maximum absolute atomic E-state index is 5.68. The van der Waals surface area contributed by atoms with Crippen LogP contribution in [-0.4, -0.2) is 19.2 Å². The summed E-state index contributed by atoms with van der Waals surface area (Å²) >= 11 is 1.59. The van der Waals surface area contributed by atoms with Crippen molar-refractivity contribution in [3.05, 3.63) is 28.8 Å². The quantitative estimate of drug-likeness (QED) is 0.922. The largest absolute Gasteiger partial charge is 0.497 e. The standard InChI is InChI=1S/C13H16N2O2S/c1-8-12(7-14)18-13(15-8)10-6-9(16-2)4-5-11(10)17-3/h4-6H,7,14H2,1-3H3. The summed E-state index contributed by atoms with van der Waals surface area (Å²) in [6.07, 6.45) is 0. The zero-order valence-electron chi connectivity index (χ0n) is 10.7. The minimum Gasteiger partial charge on any atom is -0.497 e. The van der Waals surface area contributed by atoms with Gasteiger partial charge in [0.25, 0.3) is 0 Å². The summed E-state index contributed by atoms with van der Waals surface area (Å²) in [7, 11) is 3.29. The highest BCUT2D eigenvalue weighted by molar-refractivity contribution is 7.15. The van der Waals surface area contributed by atoms with Crippen LogP contribution in [0.2, 0.25) is 0 Å². The van der Waals surface area contributed by atoms with Gasteiger partial charge in [0.05, 0.1) is 25.5 Å². The summed E-state index contributed by atoms with van der Waals surface area (Å²) in [5.41, 5.74) is 7.59. The summed E-state index contributed by atoms with van der Waals surface area (Å²) in [4.78, 5) is 5.63. The van der Waals surface area contributed by atoms with E-state index < -0.39 is 0 Å². The van der Waals surface area contributed by atoms with Gasteiger partial charge in [-0.3, -0.25) is 0 Å². The fourth-order valence-corrected chi connectivity index (χ4v) is 2.68. The molecule has 4 nitrogen and oxygen atoms in total. The molecule has 0 amide bonds. The Labute approximate surface area is 110 Å². The molecule has 0 unspecified atom stereocenters. The molecule has 1 aromatic heterocycles. The van der Waals surface area contributed by atoms with Gasteiger partial charge in [-0.25, -0.2) is 4.98 Å². The molecule has 2 N–H and O–H groups in total. The third kappa shape index (κ3) is 2.32. The van der Waals surface area contributed by atoms with Crippen molar-refractivity contribution in [1.29, 1.82) is 0 Å². The average molecular weight is 264 g/mol. The average Bonchev–Trinajstić information content (AvgIpc) is 2.79. The number of thiazole rings is 1. The number of nitrogens with zero attached hydrogens (tertiary/aromatic N) is 1. The first-order valence-corrected chi connectivity index (χ1v) is 6.40. The predicted molar refractivity (Wildman–Crippen MR) is 73.3 cm³/mol. The lowest BCUT2D eigenvalue weighted by atomic mass is 10.2. The van der Waals surface area contributed by atoms with Crippen molar-refractivity contribution >= 4 is 11.3 Å². The zero-order chi connectivity index (χ0) is 13.1. The van der Waals surface area contributed by atoms with Gasteiger partial charge < -0.3 is 15.2 Å². The lowest BCUT2D eigenvalue weighted by Crippen LogP contribution is -1.94. The van der Waals surface area contributed by atoms with Crippen LogP contribution in [0.5, 0.6) is 11.5 Å². The van der Waals surface area contributed by atoms with E-state index in [1.54, 1.807) is 25.6 Å². The number of rotatable bonds is 4. The van der Waals surface area contributed by atoms with E-state index in [0.29, 0.717) is 6.54 Å². The molecule has 0 saturated heterocycles. The molecular formula is C13H16N2O2S. The van der Waals surface area contributed by atoms with Crippen molar-refractivity contribution in [2.24, 2.45) is 5.73 Å². The number of ether oxygens (including phenoxy) is 2. The van der Waals surface area contributed by atoms with E-state index in [2.05, 4.69) is 4.98 Å². The summed E-state index contributed by atoms with van der Waals surface area (Å²) < 4.78 is 10.6. The topological polar surface area (TPSA) is 57.4 Å². The second-order valence-corrected chi connectivity index (χ2v) is 4.88. The Morgan fingerprint density at radius 1 is 1.28 bits per heavy atom. The minimum absolute atomic E-state index is 0.510. The molecule has 5 heteroatoms. The van der Waals surface area contributed by atoms with Crippen molar-refractivity contribution in [2.45, 2.75) is 13.5 Å². The highest BCUT2D eigenvalue weighted by atomic mass is 32.1. The zero-order valence-corrected chi connectivity index (χ0v) is 11.5. The Balaban J connectivity index is 2.53. The van der Waals surface area contributed by atoms with E-state index in [-0.39, 0.29) is 0 Å². The van der Waals surface area contributed by atoms with E-state index in [9.17, 15) is 0 Å². The van der Waals surface area contributed by atoms with Crippen LogP contribution in [0.3, 0.4) is 0 Å². The number of hydrogen-bond donors (Lipinski definition) is 1. The van der Waals surface area contributed by atoms with Crippen LogP contribution < -0.4 is 15.2 Å². The molecule has 0 radical (unpaired) electrons. The molecule has 0 aliphatic rings. The highest BCUT2D eigenvalue weighted by Crippen LogP contribution is 2.36. The summed E-state index contributed by atoms with van der Waals surface area (Å²) in [5, 5.41) is 0.906. The molecule has 0 atom stereocenters. The Kier molecular flexibility index (Phi) is 3.84. The van der Waals surface area contributed by atoms with Crippen LogP contribution in [0.1, 0.15) is 10.6 Å². The second-order valence-electron chi connectivity index (χ2n) is 3.80. The van der Waals surface area contributed by atoms with Crippen LogP contribution in [0.4, 0.5) is 0 Å². The molecule has 0 aliphatic carbocycles. The van der Waals surface area contributed by atoms with Gasteiger partial charge in [0.15, 0.2) is 0 Å². The molecule has 1 aromatic carbocycles. The normalized spacial score (nSPS) is 10.4. The van der Waals surface area contributed by atoms with Crippen molar-refractivity contribution in [3.8, 4) is 22.1 Å². The van der Waals surface area contributed by atoms with E-state index >= 15 is 0 Å². The molecule has 2 rings (SSSR count). The number of nitrogens with two attached hydrogens (primary N) is 1. The van der Waals surface area contributed by atoms with Crippen LogP contribution in [0, 0.1) is 6.92 Å². The first kappa shape index (κ1) is 12.9. The number of methoxy groups -OCH3 is 2. The number of benzene rings is 1. The van der Waals surface area contributed by atoms with Crippen LogP contribution in [0.15, 0.2) is 18.2 Å². The van der Waals surface area contributed by atoms with Gasteiger partial charge >= 0.3 is 0 Å². The third-order valence-electron chi connectivity index (χ3n) is 2.72. The number of aryl methyl sites for hydroxylation is 1. The Morgan fingerprint density at radius 3 is 2.61 bits per heavy atom. The van der Waals surface area contributed by atoms with Crippen molar-refractivity contribution in [1.82, 2.24) is 4.98 Å². The van der Waals surface area contributed by atoms with E-state index in [4.69, 9.17) is 15.2 Å². The third-order valence-corrected chi connectivity index (χ3v) is 3.93. The fourth-order valence-electron chi connectivity index (χ4n) is 1.71. The van der Waals surface area contributed by atoms with E-state index in [0.717, 1.165) is 32.6 Å². The van der Waals surface area contributed by atoms with Gasteiger partial charge in [0.2, 0.25) is 0 Å². The second kappa shape index (κ2) is 5.37. The van der Waals surface area contributed by atoms with Crippen molar-refractivity contribution in [2.75, 3.05) is 14.2 Å². The molecule has 0 saturated carbocycles. The van der Waals surface area contributed by atoms with E-state index in [1.807, 2.05) is 25.1 Å². The van der Waals surface area contributed by atoms with Crippen LogP contribution in [0.25, 0.3) is 10.6 Å². The van der Waals surface area contributed by atoms with Crippen LogP contribution >= 0.6 is 11.3 Å². The molecule has 2 aromatic rings. The van der Waals surface area contributed by atoms with E-state index in [1.165, 1.54) is 0 Å². The molecule has 0 fully saturated rings. The highest BCUT2D eigenvalue weighted by Gasteiger charge is 2.13. The van der Waals surface area contributed by atoms with Gasteiger partial charge in [-0.05, 0) is 25.1 Å². The lowest BCUT2D eigenvalue weighted by molar-refractivity contribution is 0.404. The monoisotopic (exact) mass is 264 g/mol. The predicted octanol–water partition coefficient (Wildman–Crippen LogP) is 2.59. The molecule has 0 bridgehead atoms. The molecule has 0 aliphatic heterocycles. The van der Waals surface area contributed by atoms with Crippen molar-refractivity contribution in [3.63, 3.8) is 0 Å².